The lowest BCUT2D eigenvalue weighted by Crippen LogP contribution is -2.59. The summed E-state index contributed by atoms with van der Waals surface area (Å²) >= 11 is 0. The van der Waals surface area contributed by atoms with Gasteiger partial charge in [0.15, 0.2) is 4.90 Å². The van der Waals surface area contributed by atoms with E-state index in [0.29, 0.717) is 6.42 Å². The number of sulfonamides is 1. The first-order valence-electron chi connectivity index (χ1n) is 7.40. The number of nitrogens with zero attached hydrogens (tertiary/aromatic N) is 1. The van der Waals surface area contributed by atoms with Gasteiger partial charge in [-0.25, -0.2) is 17.5 Å². The lowest BCUT2D eigenvalue weighted by Gasteiger charge is -2.42. The van der Waals surface area contributed by atoms with E-state index in [0.717, 1.165) is 37.5 Å². The lowest BCUT2D eigenvalue weighted by atomic mass is 9.74. The van der Waals surface area contributed by atoms with Gasteiger partial charge in [0, 0.05) is 18.2 Å². The van der Waals surface area contributed by atoms with Crippen LogP contribution in [0.25, 0.3) is 0 Å². The molecule has 1 saturated carbocycles. The van der Waals surface area contributed by atoms with Crippen molar-refractivity contribution < 1.29 is 17.7 Å². The van der Waals surface area contributed by atoms with Crippen molar-refractivity contribution in [3.63, 3.8) is 0 Å². The topological polar surface area (TPSA) is 115 Å². The van der Waals surface area contributed by atoms with Gasteiger partial charge >= 0.3 is 0 Å². The summed E-state index contributed by atoms with van der Waals surface area (Å²) in [5, 5.41) is 11.0. The average molecular weight is 382 g/mol. The molecule has 1 fully saturated rings. The van der Waals surface area contributed by atoms with Crippen molar-refractivity contribution in [2.24, 2.45) is 11.7 Å². The molecule has 1 aromatic carbocycles. The molecule has 2 atom stereocenters. The SMILES string of the molecule is CC1CCCCC1(CN)NS(=O)(=O)c1c(F)cccc1[N+](=O)[O-].Cl. The van der Waals surface area contributed by atoms with Crippen LogP contribution in [0.2, 0.25) is 0 Å². The maximum Gasteiger partial charge on any atom is 0.292 e. The molecular formula is C14H21ClFN3O4S. The highest BCUT2D eigenvalue weighted by Crippen LogP contribution is 2.35. The van der Waals surface area contributed by atoms with E-state index in [1.165, 1.54) is 0 Å². The fourth-order valence-electron chi connectivity index (χ4n) is 3.14. The molecule has 10 heteroatoms. The summed E-state index contributed by atoms with van der Waals surface area (Å²) in [6, 6.07) is 2.96. The Bertz CT molecular complexity index is 716. The number of nitrogens with one attached hydrogen (secondary N) is 1. The Kier molecular flexibility index (Phi) is 6.68. The predicted octanol–water partition coefficient (Wildman–Crippen LogP) is 2.34. The minimum absolute atomic E-state index is 0. The third-order valence-corrected chi connectivity index (χ3v) is 6.18. The average Bonchev–Trinajstić information content (AvgIpc) is 2.49. The van der Waals surface area contributed by atoms with Crippen LogP contribution in [0.5, 0.6) is 0 Å². The van der Waals surface area contributed by atoms with Crippen LogP contribution in [-0.4, -0.2) is 25.4 Å². The standard InChI is InChI=1S/C14H20FN3O4S.ClH/c1-10-5-2-3-8-14(10,9-16)17-23(21,22)13-11(15)6-4-7-12(13)18(19)20;/h4,6-7,10,17H,2-3,5,8-9,16H2,1H3;1H. The van der Waals surface area contributed by atoms with Gasteiger partial charge in [0.25, 0.3) is 15.7 Å². The summed E-state index contributed by atoms with van der Waals surface area (Å²) in [7, 11) is -4.42. The molecular weight excluding hydrogens is 361 g/mol. The van der Waals surface area contributed by atoms with Crippen LogP contribution in [0.15, 0.2) is 23.1 Å². The van der Waals surface area contributed by atoms with Gasteiger partial charge in [-0.15, -0.1) is 12.4 Å². The van der Waals surface area contributed by atoms with Gasteiger partial charge in [0.1, 0.15) is 5.82 Å². The molecule has 7 nitrogen and oxygen atoms in total. The van der Waals surface area contributed by atoms with Crippen molar-refractivity contribution in [3.8, 4) is 0 Å². The zero-order valence-electron chi connectivity index (χ0n) is 13.2. The second-order valence-electron chi connectivity index (χ2n) is 5.96. The number of nitro benzene ring substituents is 1. The maximum atomic E-state index is 14.0. The Balaban J connectivity index is 0.00000288. The minimum atomic E-state index is -4.42. The zero-order chi connectivity index (χ0) is 17.3. The van der Waals surface area contributed by atoms with E-state index in [-0.39, 0.29) is 24.9 Å². The van der Waals surface area contributed by atoms with Crippen LogP contribution in [0.4, 0.5) is 10.1 Å². The van der Waals surface area contributed by atoms with Gasteiger partial charge in [-0.05, 0) is 24.8 Å². The molecule has 1 aliphatic carbocycles. The second kappa shape index (κ2) is 7.73. The Labute approximate surface area is 146 Å². The number of hydrogen-bond acceptors (Lipinski definition) is 5. The molecule has 0 heterocycles. The Hall–Kier alpha value is -1.29. The fourth-order valence-corrected chi connectivity index (χ4v) is 4.90. The van der Waals surface area contributed by atoms with E-state index in [4.69, 9.17) is 5.73 Å². The van der Waals surface area contributed by atoms with Crippen LogP contribution in [0.3, 0.4) is 0 Å². The summed E-state index contributed by atoms with van der Waals surface area (Å²) in [5.74, 6) is -1.19. The van der Waals surface area contributed by atoms with Crippen molar-refractivity contribution in [3.05, 3.63) is 34.1 Å². The molecule has 1 aromatic rings. The van der Waals surface area contributed by atoms with E-state index in [1.807, 2.05) is 6.92 Å². The summed E-state index contributed by atoms with van der Waals surface area (Å²) < 4.78 is 41.8. The third kappa shape index (κ3) is 3.85. The number of benzene rings is 1. The van der Waals surface area contributed by atoms with E-state index in [2.05, 4.69) is 4.72 Å². The highest BCUT2D eigenvalue weighted by Gasteiger charge is 2.43. The summed E-state index contributed by atoms with van der Waals surface area (Å²) in [6.45, 7) is 1.93. The number of hydrogen-bond donors (Lipinski definition) is 2. The van der Waals surface area contributed by atoms with Crippen LogP contribution in [0, 0.1) is 21.8 Å². The summed E-state index contributed by atoms with van der Waals surface area (Å²) in [4.78, 5) is 9.21. The van der Waals surface area contributed by atoms with Crippen LogP contribution in [0.1, 0.15) is 32.6 Å². The first-order chi connectivity index (χ1) is 10.7. The van der Waals surface area contributed by atoms with Crippen LogP contribution < -0.4 is 10.5 Å². The normalized spacial score (nSPS) is 24.2. The van der Waals surface area contributed by atoms with Crippen LogP contribution in [-0.2, 0) is 10.0 Å². The predicted molar refractivity (Wildman–Crippen MR) is 90.0 cm³/mol. The smallest absolute Gasteiger partial charge is 0.292 e. The van der Waals surface area contributed by atoms with Crippen molar-refractivity contribution in [2.75, 3.05) is 6.54 Å². The minimum Gasteiger partial charge on any atom is -0.329 e. The highest BCUT2D eigenvalue weighted by molar-refractivity contribution is 7.89. The molecule has 0 bridgehead atoms. The molecule has 2 rings (SSSR count). The maximum absolute atomic E-state index is 14.0. The van der Waals surface area contributed by atoms with E-state index >= 15 is 0 Å². The van der Waals surface area contributed by atoms with Crippen LogP contribution >= 0.6 is 12.4 Å². The monoisotopic (exact) mass is 381 g/mol. The molecule has 0 amide bonds. The second-order valence-corrected chi connectivity index (χ2v) is 7.58. The molecule has 0 saturated heterocycles. The number of rotatable bonds is 5. The Morgan fingerprint density at radius 3 is 2.67 bits per heavy atom. The molecule has 0 radical (unpaired) electrons. The molecule has 2 unspecified atom stereocenters. The first-order valence-corrected chi connectivity index (χ1v) is 8.89. The number of nitrogens with two attached hydrogens (primary N) is 1. The van der Waals surface area contributed by atoms with E-state index in [1.54, 1.807) is 0 Å². The lowest BCUT2D eigenvalue weighted by molar-refractivity contribution is -0.388. The van der Waals surface area contributed by atoms with Gasteiger partial charge in [-0.1, -0.05) is 25.8 Å². The van der Waals surface area contributed by atoms with E-state index < -0.39 is 36.9 Å². The molecule has 1 aliphatic rings. The Morgan fingerprint density at radius 1 is 1.46 bits per heavy atom. The van der Waals surface area contributed by atoms with Crippen molar-refractivity contribution >= 4 is 28.1 Å². The molecule has 0 spiro atoms. The van der Waals surface area contributed by atoms with Gasteiger partial charge in [0.2, 0.25) is 0 Å². The summed E-state index contributed by atoms with van der Waals surface area (Å²) in [6.07, 6.45) is 3.07. The van der Waals surface area contributed by atoms with Crippen molar-refractivity contribution in [2.45, 2.75) is 43.0 Å². The van der Waals surface area contributed by atoms with Crippen molar-refractivity contribution in [1.29, 1.82) is 0 Å². The van der Waals surface area contributed by atoms with Crippen molar-refractivity contribution in [1.82, 2.24) is 4.72 Å². The molecule has 24 heavy (non-hydrogen) atoms. The third-order valence-electron chi connectivity index (χ3n) is 4.57. The fraction of sp³-hybridized carbons (Fsp3) is 0.571. The zero-order valence-corrected chi connectivity index (χ0v) is 14.8. The molecule has 3 N–H and O–H groups in total. The largest absolute Gasteiger partial charge is 0.329 e. The molecule has 136 valence electrons. The van der Waals surface area contributed by atoms with Gasteiger partial charge in [-0.3, -0.25) is 10.1 Å². The first kappa shape index (κ1) is 20.8. The molecule has 0 aliphatic heterocycles. The highest BCUT2D eigenvalue weighted by atomic mass is 35.5. The number of halogens is 2. The quantitative estimate of drug-likeness (QED) is 0.600. The van der Waals surface area contributed by atoms with Gasteiger partial charge in [0.05, 0.1) is 4.92 Å². The van der Waals surface area contributed by atoms with E-state index in [9.17, 15) is 22.9 Å². The van der Waals surface area contributed by atoms with Gasteiger partial charge in [-0.2, -0.15) is 0 Å². The molecule has 0 aromatic heterocycles. The van der Waals surface area contributed by atoms with Gasteiger partial charge < -0.3 is 5.73 Å². The Morgan fingerprint density at radius 2 is 2.12 bits per heavy atom. The summed E-state index contributed by atoms with van der Waals surface area (Å²) in [5.41, 5.74) is 4.10. The number of nitro groups is 1.